The predicted octanol–water partition coefficient (Wildman–Crippen LogP) is 3.75. The van der Waals surface area contributed by atoms with Gasteiger partial charge in [0.15, 0.2) is 0 Å². The van der Waals surface area contributed by atoms with Crippen LogP contribution in [0, 0.1) is 0 Å². The third-order valence-corrected chi connectivity index (χ3v) is 8.44. The third-order valence-electron chi connectivity index (χ3n) is 5.67. The zero-order chi connectivity index (χ0) is 21.0. The first-order valence-electron chi connectivity index (χ1n) is 10.6. The second kappa shape index (κ2) is 9.43. The molecule has 1 N–H and O–H groups in total. The summed E-state index contributed by atoms with van der Waals surface area (Å²) >= 11 is 0. The van der Waals surface area contributed by atoms with Crippen LogP contribution in [0.25, 0.3) is 0 Å². The molecule has 2 aromatic carbocycles. The van der Waals surface area contributed by atoms with E-state index >= 15 is 0 Å². The van der Waals surface area contributed by atoms with Crippen LogP contribution in [0.15, 0.2) is 54.6 Å². The minimum atomic E-state index is -1.64. The lowest BCUT2D eigenvalue weighted by Gasteiger charge is -2.41. The van der Waals surface area contributed by atoms with E-state index in [1.165, 1.54) is 5.19 Å². The van der Waals surface area contributed by atoms with Crippen LogP contribution in [0.2, 0.25) is 13.1 Å². The van der Waals surface area contributed by atoms with E-state index in [1.807, 2.05) is 19.1 Å². The highest BCUT2D eigenvalue weighted by Crippen LogP contribution is 2.29. The molecule has 5 heteroatoms. The minimum Gasteiger partial charge on any atom is -0.497 e. The van der Waals surface area contributed by atoms with Crippen LogP contribution >= 0.6 is 0 Å². The van der Waals surface area contributed by atoms with Crippen LogP contribution < -0.4 is 9.92 Å². The van der Waals surface area contributed by atoms with Crippen LogP contribution in [-0.2, 0) is 4.74 Å². The average molecular weight is 414 g/mol. The molecule has 0 saturated carbocycles. The smallest absolute Gasteiger partial charge is 0.124 e. The SMILES string of the molecule is CC1CN(C(c2ccc(OC[Si](C)(C)c3ccccc3)cc2)C(C)O)CC(C)O1. The molecule has 0 aliphatic carbocycles. The number of rotatable bonds is 7. The van der Waals surface area contributed by atoms with Gasteiger partial charge in [0, 0.05) is 13.1 Å². The molecule has 0 bridgehead atoms. The first-order valence-corrected chi connectivity index (χ1v) is 13.8. The van der Waals surface area contributed by atoms with Crippen molar-refractivity contribution in [3.63, 3.8) is 0 Å². The molecule has 1 aliphatic heterocycles. The number of benzene rings is 2. The molecule has 1 aliphatic rings. The van der Waals surface area contributed by atoms with E-state index in [0.29, 0.717) is 0 Å². The lowest BCUT2D eigenvalue weighted by Crippen LogP contribution is -2.49. The van der Waals surface area contributed by atoms with Gasteiger partial charge in [0.25, 0.3) is 0 Å². The Kier molecular flexibility index (Phi) is 7.17. The highest BCUT2D eigenvalue weighted by molar-refractivity contribution is 6.89. The summed E-state index contributed by atoms with van der Waals surface area (Å²) in [6.45, 7) is 12.4. The van der Waals surface area contributed by atoms with Gasteiger partial charge in [-0.15, -0.1) is 0 Å². The molecule has 1 heterocycles. The number of nitrogens with zero attached hydrogens (tertiary/aromatic N) is 1. The molecule has 3 rings (SSSR count). The first kappa shape index (κ1) is 22.0. The molecule has 4 unspecified atom stereocenters. The lowest BCUT2D eigenvalue weighted by atomic mass is 9.98. The molecule has 158 valence electrons. The Morgan fingerprint density at radius 1 is 1.03 bits per heavy atom. The average Bonchev–Trinajstić information content (AvgIpc) is 2.67. The van der Waals surface area contributed by atoms with Crippen molar-refractivity contribution in [2.24, 2.45) is 0 Å². The van der Waals surface area contributed by atoms with Crippen molar-refractivity contribution in [3.8, 4) is 5.75 Å². The number of hydrogen-bond acceptors (Lipinski definition) is 4. The molecular formula is C24H35NO3Si. The van der Waals surface area contributed by atoms with Gasteiger partial charge in [-0.25, -0.2) is 0 Å². The summed E-state index contributed by atoms with van der Waals surface area (Å²) in [6, 6.07) is 18.9. The molecule has 29 heavy (non-hydrogen) atoms. The molecule has 0 aromatic heterocycles. The summed E-state index contributed by atoms with van der Waals surface area (Å²) in [6.07, 6.45) is 0.638. The monoisotopic (exact) mass is 413 g/mol. The summed E-state index contributed by atoms with van der Waals surface area (Å²) in [5.41, 5.74) is 1.12. The zero-order valence-electron chi connectivity index (χ0n) is 18.3. The van der Waals surface area contributed by atoms with Crippen molar-refractivity contribution >= 4 is 13.3 Å². The molecule has 0 radical (unpaired) electrons. The van der Waals surface area contributed by atoms with Gasteiger partial charge in [0.2, 0.25) is 0 Å². The molecule has 4 nitrogen and oxygen atoms in total. The van der Waals surface area contributed by atoms with Crippen molar-refractivity contribution in [3.05, 3.63) is 60.2 Å². The maximum absolute atomic E-state index is 10.5. The summed E-state index contributed by atoms with van der Waals surface area (Å²) < 4.78 is 12.0. The molecule has 1 fully saturated rings. The number of morpholine rings is 1. The summed E-state index contributed by atoms with van der Waals surface area (Å²) in [5, 5.41) is 11.9. The summed E-state index contributed by atoms with van der Waals surface area (Å²) in [4.78, 5) is 2.34. The second-order valence-electron chi connectivity index (χ2n) is 9.00. The van der Waals surface area contributed by atoms with Gasteiger partial charge in [0.1, 0.15) is 13.8 Å². The highest BCUT2D eigenvalue weighted by atomic mass is 28.3. The topological polar surface area (TPSA) is 41.9 Å². The number of hydrogen-bond donors (Lipinski definition) is 1. The number of aliphatic hydroxyl groups excluding tert-OH is 1. The second-order valence-corrected chi connectivity index (χ2v) is 13.6. The Bertz CT molecular complexity index is 753. The summed E-state index contributed by atoms with van der Waals surface area (Å²) in [5.74, 6) is 0.887. The molecule has 2 aromatic rings. The van der Waals surface area contributed by atoms with Gasteiger partial charge in [-0.05, 0) is 38.5 Å². The van der Waals surface area contributed by atoms with Crippen LogP contribution in [0.1, 0.15) is 32.4 Å². The number of ether oxygens (including phenoxy) is 2. The van der Waals surface area contributed by atoms with Gasteiger partial charge in [0.05, 0.1) is 30.6 Å². The van der Waals surface area contributed by atoms with Crippen LogP contribution in [0.4, 0.5) is 0 Å². The van der Waals surface area contributed by atoms with Gasteiger partial charge in [-0.3, -0.25) is 4.90 Å². The third kappa shape index (κ3) is 5.69. The minimum absolute atomic E-state index is 0.0343. The van der Waals surface area contributed by atoms with Crippen LogP contribution in [0.5, 0.6) is 5.75 Å². The zero-order valence-corrected chi connectivity index (χ0v) is 19.3. The van der Waals surface area contributed by atoms with Crippen LogP contribution in [-0.4, -0.2) is 55.7 Å². The van der Waals surface area contributed by atoms with Gasteiger partial charge in [-0.1, -0.05) is 60.7 Å². The van der Waals surface area contributed by atoms with E-state index in [9.17, 15) is 5.11 Å². The maximum Gasteiger partial charge on any atom is 0.124 e. The first-order chi connectivity index (χ1) is 13.8. The molecule has 1 saturated heterocycles. The molecule has 4 atom stereocenters. The molecule has 0 spiro atoms. The number of aliphatic hydroxyl groups is 1. The van der Waals surface area contributed by atoms with E-state index in [0.717, 1.165) is 30.6 Å². The van der Waals surface area contributed by atoms with Crippen molar-refractivity contribution < 1.29 is 14.6 Å². The maximum atomic E-state index is 10.5. The normalized spacial score (nSPS) is 22.8. The standard InChI is InChI=1S/C24H35NO3Si/c1-18-15-25(16-19(2)28-18)24(20(3)26)21-11-13-22(14-12-21)27-17-29(4,5)23-9-7-6-8-10-23/h6-14,18-20,24,26H,15-17H2,1-5H3. The Morgan fingerprint density at radius 2 is 1.62 bits per heavy atom. The fourth-order valence-corrected chi connectivity index (χ4v) is 6.03. The lowest BCUT2D eigenvalue weighted by molar-refractivity contribution is -0.0948. The van der Waals surface area contributed by atoms with Crippen LogP contribution in [0.3, 0.4) is 0 Å². The van der Waals surface area contributed by atoms with Crippen molar-refractivity contribution in [2.45, 2.75) is 58.2 Å². The van der Waals surface area contributed by atoms with E-state index in [1.54, 1.807) is 0 Å². The Hall–Kier alpha value is -1.66. The van der Waals surface area contributed by atoms with E-state index in [4.69, 9.17) is 9.47 Å². The fourth-order valence-electron chi connectivity index (χ4n) is 4.24. The Morgan fingerprint density at radius 3 is 2.17 bits per heavy atom. The van der Waals surface area contributed by atoms with E-state index in [-0.39, 0.29) is 18.2 Å². The summed E-state index contributed by atoms with van der Waals surface area (Å²) in [7, 11) is -1.64. The van der Waals surface area contributed by atoms with Crippen molar-refractivity contribution in [2.75, 3.05) is 19.3 Å². The quantitative estimate of drug-likeness (QED) is 0.702. The van der Waals surface area contributed by atoms with Gasteiger partial charge in [-0.2, -0.15) is 0 Å². The Balaban J connectivity index is 1.68. The highest BCUT2D eigenvalue weighted by Gasteiger charge is 2.31. The fraction of sp³-hybridized carbons (Fsp3) is 0.500. The van der Waals surface area contributed by atoms with Crippen molar-refractivity contribution in [1.82, 2.24) is 4.90 Å². The van der Waals surface area contributed by atoms with E-state index < -0.39 is 14.2 Å². The molecular weight excluding hydrogens is 378 g/mol. The predicted molar refractivity (Wildman–Crippen MR) is 121 cm³/mol. The molecule has 0 amide bonds. The van der Waals surface area contributed by atoms with E-state index in [2.05, 4.69) is 74.3 Å². The van der Waals surface area contributed by atoms with Crippen molar-refractivity contribution in [1.29, 1.82) is 0 Å². The Labute approximate surface area is 176 Å². The van der Waals surface area contributed by atoms with Gasteiger partial charge < -0.3 is 14.6 Å². The largest absolute Gasteiger partial charge is 0.497 e. The van der Waals surface area contributed by atoms with Gasteiger partial charge >= 0.3 is 0 Å².